The van der Waals surface area contributed by atoms with Crippen LogP contribution in [0.1, 0.15) is 0 Å². The maximum atomic E-state index is 12.0. The van der Waals surface area contributed by atoms with Crippen molar-refractivity contribution in [2.24, 2.45) is 0 Å². The number of pyridine rings is 1. The largest absolute Gasteiger partial charge is 0.277 e. The van der Waals surface area contributed by atoms with Crippen LogP contribution in [0.4, 0.5) is 0 Å². The van der Waals surface area contributed by atoms with Gasteiger partial charge >= 0.3 is 0 Å². The molecule has 0 spiro atoms. The number of thiophene rings is 1. The predicted molar refractivity (Wildman–Crippen MR) is 113 cm³/mol. The van der Waals surface area contributed by atoms with Gasteiger partial charge in [0.1, 0.15) is 16.2 Å². The molecule has 0 bridgehead atoms. The summed E-state index contributed by atoms with van der Waals surface area (Å²) in [5.41, 5.74) is 2.46. The molecule has 0 unspecified atom stereocenters. The van der Waals surface area contributed by atoms with E-state index in [0.717, 1.165) is 32.0 Å². The minimum atomic E-state index is -3.30. The Labute approximate surface area is 174 Å². The molecule has 0 aliphatic rings. The number of nitrogens with zero attached hydrogens (tertiary/aromatic N) is 5. The predicted octanol–water partition coefficient (Wildman–Crippen LogP) is 3.96. The third kappa shape index (κ3) is 3.28. The van der Waals surface area contributed by atoms with E-state index >= 15 is 0 Å². The first-order chi connectivity index (χ1) is 14.0. The van der Waals surface area contributed by atoms with Gasteiger partial charge < -0.3 is 0 Å². The smallest absolute Gasteiger partial charge is 0.201 e. The summed E-state index contributed by atoms with van der Waals surface area (Å²) in [6, 6.07) is 12.6. The van der Waals surface area contributed by atoms with E-state index in [2.05, 4.69) is 20.2 Å². The lowest BCUT2D eigenvalue weighted by Gasteiger charge is -2.06. The molecule has 144 valence electrons. The van der Waals surface area contributed by atoms with E-state index in [1.165, 1.54) is 35.7 Å². The Hall–Kier alpha value is -2.82. The summed E-state index contributed by atoms with van der Waals surface area (Å²) in [6.07, 6.45) is 4.64. The SMILES string of the molecule is CS(=O)(=O)c1cccc(-c2csc3ncnc(Sc4nnc5ccccn45)c23)c1. The molecule has 10 heteroatoms. The number of fused-ring (bicyclic) bond motifs is 2. The number of benzene rings is 1. The zero-order valence-corrected chi connectivity index (χ0v) is 17.5. The standard InChI is InChI=1S/C19H13N5O2S3/c1-29(25,26)13-6-4-5-12(9-13)14-10-27-17-16(14)18(21-11-20-17)28-19-23-22-15-7-2-3-8-24(15)19/h2-11H,1H3. The first-order valence-electron chi connectivity index (χ1n) is 8.51. The average molecular weight is 440 g/mol. The van der Waals surface area contributed by atoms with Gasteiger partial charge in [0.15, 0.2) is 15.5 Å². The highest BCUT2D eigenvalue weighted by Crippen LogP contribution is 2.40. The lowest BCUT2D eigenvalue weighted by molar-refractivity contribution is 0.602. The molecule has 4 heterocycles. The fourth-order valence-corrected chi connectivity index (χ4v) is 5.57. The fraction of sp³-hybridized carbons (Fsp3) is 0.0526. The van der Waals surface area contributed by atoms with Crippen molar-refractivity contribution in [2.45, 2.75) is 15.1 Å². The average Bonchev–Trinajstić information content (AvgIpc) is 3.33. The van der Waals surface area contributed by atoms with Crippen LogP contribution in [0.5, 0.6) is 0 Å². The van der Waals surface area contributed by atoms with Crippen molar-refractivity contribution in [2.75, 3.05) is 6.26 Å². The molecule has 5 aromatic rings. The summed E-state index contributed by atoms with van der Waals surface area (Å²) in [5, 5.41) is 12.8. The van der Waals surface area contributed by atoms with Crippen molar-refractivity contribution in [1.82, 2.24) is 24.6 Å². The van der Waals surface area contributed by atoms with Crippen LogP contribution in [0.15, 0.2) is 75.4 Å². The molecule has 7 nitrogen and oxygen atoms in total. The molecule has 4 aromatic heterocycles. The maximum absolute atomic E-state index is 12.0. The third-order valence-electron chi connectivity index (χ3n) is 4.38. The van der Waals surface area contributed by atoms with Crippen LogP contribution in [-0.2, 0) is 9.84 Å². The van der Waals surface area contributed by atoms with E-state index in [-0.39, 0.29) is 4.90 Å². The second-order valence-electron chi connectivity index (χ2n) is 6.32. The fourth-order valence-electron chi connectivity index (χ4n) is 3.01. The second-order valence-corrected chi connectivity index (χ2v) is 10.2. The number of hydrogen-bond acceptors (Lipinski definition) is 8. The molecule has 0 radical (unpaired) electrons. The van der Waals surface area contributed by atoms with Gasteiger partial charge in [-0.1, -0.05) is 18.2 Å². The Morgan fingerprint density at radius 1 is 1.07 bits per heavy atom. The third-order valence-corrected chi connectivity index (χ3v) is 7.34. The minimum absolute atomic E-state index is 0.281. The van der Waals surface area contributed by atoms with Gasteiger partial charge in [-0.3, -0.25) is 4.40 Å². The van der Waals surface area contributed by atoms with E-state index in [1.807, 2.05) is 40.2 Å². The van der Waals surface area contributed by atoms with Gasteiger partial charge in [0.2, 0.25) is 5.16 Å². The molecule has 0 aliphatic carbocycles. The van der Waals surface area contributed by atoms with Gasteiger partial charge in [0.25, 0.3) is 0 Å². The van der Waals surface area contributed by atoms with Crippen molar-refractivity contribution in [3.63, 3.8) is 0 Å². The molecule has 5 rings (SSSR count). The summed E-state index contributed by atoms with van der Waals surface area (Å²) >= 11 is 2.90. The van der Waals surface area contributed by atoms with E-state index in [9.17, 15) is 8.42 Å². The highest BCUT2D eigenvalue weighted by atomic mass is 32.2. The Balaban J connectivity index is 1.66. The summed E-state index contributed by atoms with van der Waals surface area (Å²) in [7, 11) is -3.30. The van der Waals surface area contributed by atoms with Gasteiger partial charge in [-0.15, -0.1) is 21.5 Å². The Morgan fingerprint density at radius 3 is 2.83 bits per heavy atom. The molecule has 0 atom stereocenters. The molecule has 0 saturated heterocycles. The van der Waals surface area contributed by atoms with E-state index in [1.54, 1.807) is 18.2 Å². The van der Waals surface area contributed by atoms with Gasteiger partial charge in [0, 0.05) is 23.4 Å². The van der Waals surface area contributed by atoms with Crippen molar-refractivity contribution < 1.29 is 8.42 Å². The van der Waals surface area contributed by atoms with E-state index < -0.39 is 9.84 Å². The van der Waals surface area contributed by atoms with Crippen molar-refractivity contribution >= 4 is 48.8 Å². The highest BCUT2D eigenvalue weighted by Gasteiger charge is 2.17. The van der Waals surface area contributed by atoms with Crippen molar-refractivity contribution in [3.8, 4) is 11.1 Å². The second kappa shape index (κ2) is 6.90. The number of sulfone groups is 1. The zero-order chi connectivity index (χ0) is 20.0. The van der Waals surface area contributed by atoms with Crippen molar-refractivity contribution in [3.05, 3.63) is 60.4 Å². The van der Waals surface area contributed by atoms with Crippen LogP contribution < -0.4 is 0 Å². The minimum Gasteiger partial charge on any atom is -0.277 e. The summed E-state index contributed by atoms with van der Waals surface area (Å²) in [6.45, 7) is 0. The van der Waals surface area contributed by atoms with Gasteiger partial charge in [-0.05, 0) is 41.6 Å². The van der Waals surface area contributed by atoms with Crippen LogP contribution in [0.25, 0.3) is 27.0 Å². The van der Waals surface area contributed by atoms with Crippen LogP contribution >= 0.6 is 23.1 Å². The van der Waals surface area contributed by atoms with Crippen LogP contribution in [0, 0.1) is 0 Å². The summed E-state index contributed by atoms with van der Waals surface area (Å²) < 4.78 is 25.9. The first-order valence-corrected chi connectivity index (χ1v) is 12.1. The van der Waals surface area contributed by atoms with Gasteiger partial charge in [-0.2, -0.15) is 0 Å². The molecule has 0 N–H and O–H groups in total. The monoisotopic (exact) mass is 439 g/mol. The molecule has 0 fully saturated rings. The molecule has 29 heavy (non-hydrogen) atoms. The lowest BCUT2D eigenvalue weighted by atomic mass is 10.1. The Kier molecular flexibility index (Phi) is 4.34. The molecular formula is C19H13N5O2S3. The van der Waals surface area contributed by atoms with Crippen LogP contribution in [-0.4, -0.2) is 39.2 Å². The normalized spacial score (nSPS) is 12.0. The molecule has 0 amide bonds. The van der Waals surface area contributed by atoms with Gasteiger partial charge in [0.05, 0.1) is 10.3 Å². The zero-order valence-electron chi connectivity index (χ0n) is 15.1. The van der Waals surface area contributed by atoms with Crippen LogP contribution in [0.3, 0.4) is 0 Å². The van der Waals surface area contributed by atoms with Crippen molar-refractivity contribution in [1.29, 1.82) is 0 Å². The van der Waals surface area contributed by atoms with Gasteiger partial charge in [-0.25, -0.2) is 18.4 Å². The topological polar surface area (TPSA) is 90.1 Å². The number of aromatic nitrogens is 5. The number of rotatable bonds is 4. The van der Waals surface area contributed by atoms with Crippen LogP contribution in [0.2, 0.25) is 0 Å². The summed E-state index contributed by atoms with van der Waals surface area (Å²) in [4.78, 5) is 9.97. The molecule has 1 aromatic carbocycles. The molecular weight excluding hydrogens is 426 g/mol. The number of hydrogen-bond donors (Lipinski definition) is 0. The lowest BCUT2D eigenvalue weighted by Crippen LogP contribution is -1.96. The Bertz CT molecular complexity index is 1470. The summed E-state index contributed by atoms with van der Waals surface area (Å²) in [5.74, 6) is 0. The van der Waals surface area contributed by atoms with E-state index in [4.69, 9.17) is 0 Å². The highest BCUT2D eigenvalue weighted by molar-refractivity contribution is 7.99. The maximum Gasteiger partial charge on any atom is 0.201 e. The first kappa shape index (κ1) is 18.2. The van der Waals surface area contributed by atoms with E-state index in [0.29, 0.717) is 5.16 Å². The Morgan fingerprint density at radius 2 is 1.97 bits per heavy atom. The molecule has 0 saturated carbocycles. The quantitative estimate of drug-likeness (QED) is 0.392. The molecule has 0 aliphatic heterocycles.